The Morgan fingerprint density at radius 2 is 2.09 bits per heavy atom. The molecule has 4 nitrogen and oxygen atoms in total. The second kappa shape index (κ2) is 6.43. The number of carbonyl (C=O) groups is 2. The largest absolute Gasteiger partial charge is 0.350 e. The Labute approximate surface area is 138 Å². The number of amides is 2. The first kappa shape index (κ1) is 17.7. The van der Waals surface area contributed by atoms with Gasteiger partial charge in [0, 0.05) is 18.5 Å². The third-order valence-corrected chi connectivity index (χ3v) is 4.54. The molecule has 7 heteroatoms. The van der Waals surface area contributed by atoms with Gasteiger partial charge >= 0.3 is 0 Å². The SMILES string of the molecule is CCN1C(=O)C(C)(C)C[C@H]1C(=O)NCc1ccc(F)c(F)c1Cl. The van der Waals surface area contributed by atoms with Gasteiger partial charge in [-0.15, -0.1) is 0 Å². The fourth-order valence-electron chi connectivity index (χ4n) is 2.81. The van der Waals surface area contributed by atoms with Crippen molar-refractivity contribution in [2.24, 2.45) is 5.41 Å². The summed E-state index contributed by atoms with van der Waals surface area (Å²) in [6.45, 7) is 5.82. The van der Waals surface area contributed by atoms with Crippen molar-refractivity contribution >= 4 is 23.4 Å². The van der Waals surface area contributed by atoms with E-state index in [2.05, 4.69) is 5.32 Å². The van der Waals surface area contributed by atoms with Gasteiger partial charge in [0.15, 0.2) is 11.6 Å². The van der Waals surface area contributed by atoms with Crippen LogP contribution in [0, 0.1) is 17.0 Å². The number of likely N-dealkylation sites (tertiary alicyclic amines) is 1. The molecule has 0 aromatic heterocycles. The Kier molecular flexibility index (Phi) is 4.94. The molecule has 1 aromatic rings. The minimum absolute atomic E-state index is 0.0302. The number of nitrogens with zero attached hydrogens (tertiary/aromatic N) is 1. The van der Waals surface area contributed by atoms with Gasteiger partial charge in [-0.2, -0.15) is 0 Å². The van der Waals surface area contributed by atoms with Crippen LogP contribution in [-0.2, 0) is 16.1 Å². The first-order valence-corrected chi connectivity index (χ1v) is 7.78. The topological polar surface area (TPSA) is 49.4 Å². The van der Waals surface area contributed by atoms with Crippen LogP contribution in [0.25, 0.3) is 0 Å². The van der Waals surface area contributed by atoms with E-state index in [9.17, 15) is 18.4 Å². The molecule has 126 valence electrons. The Balaban J connectivity index is 2.08. The maximum atomic E-state index is 13.4. The number of hydrogen-bond donors (Lipinski definition) is 1. The molecule has 1 fully saturated rings. The van der Waals surface area contributed by atoms with E-state index in [0.29, 0.717) is 13.0 Å². The second-order valence-electron chi connectivity index (χ2n) is 6.25. The average molecular weight is 345 g/mol. The lowest BCUT2D eigenvalue weighted by Crippen LogP contribution is -2.44. The van der Waals surface area contributed by atoms with Crippen LogP contribution in [0.1, 0.15) is 32.8 Å². The lowest BCUT2D eigenvalue weighted by molar-refractivity contribution is -0.138. The summed E-state index contributed by atoms with van der Waals surface area (Å²) in [7, 11) is 0. The maximum Gasteiger partial charge on any atom is 0.243 e. The molecule has 0 bridgehead atoms. The lowest BCUT2D eigenvalue weighted by atomic mass is 9.89. The maximum absolute atomic E-state index is 13.4. The number of likely N-dealkylation sites (N-methyl/N-ethyl adjacent to an activating group) is 1. The van der Waals surface area contributed by atoms with Crippen LogP contribution in [0.3, 0.4) is 0 Å². The number of hydrogen-bond acceptors (Lipinski definition) is 2. The first-order valence-electron chi connectivity index (χ1n) is 7.40. The van der Waals surface area contributed by atoms with Crippen molar-refractivity contribution < 1.29 is 18.4 Å². The Bertz CT molecular complexity index is 649. The van der Waals surface area contributed by atoms with Crippen molar-refractivity contribution in [1.82, 2.24) is 10.2 Å². The summed E-state index contributed by atoms with van der Waals surface area (Å²) in [4.78, 5) is 26.1. The van der Waals surface area contributed by atoms with E-state index < -0.39 is 23.1 Å². The van der Waals surface area contributed by atoms with Crippen LogP contribution in [0.2, 0.25) is 5.02 Å². The normalized spacial score (nSPS) is 20.0. The van der Waals surface area contributed by atoms with E-state index in [1.54, 1.807) is 13.8 Å². The summed E-state index contributed by atoms with van der Waals surface area (Å²) in [6.07, 6.45) is 0.414. The number of rotatable bonds is 4. The van der Waals surface area contributed by atoms with Gasteiger partial charge in [0.25, 0.3) is 0 Å². The smallest absolute Gasteiger partial charge is 0.243 e. The van der Waals surface area contributed by atoms with Crippen molar-refractivity contribution in [2.45, 2.75) is 39.8 Å². The standard InChI is InChI=1S/C16H19ClF2N2O2/c1-4-21-11(7-16(2,3)15(21)23)14(22)20-8-9-5-6-10(18)13(19)12(9)17/h5-6,11H,4,7-8H2,1-3H3,(H,20,22)/t11-/m0/s1. The molecular weight excluding hydrogens is 326 g/mol. The van der Waals surface area contributed by atoms with E-state index in [1.807, 2.05) is 6.92 Å². The van der Waals surface area contributed by atoms with Crippen LogP contribution in [0.15, 0.2) is 12.1 Å². The van der Waals surface area contributed by atoms with Crippen LogP contribution in [0.5, 0.6) is 0 Å². The third-order valence-electron chi connectivity index (χ3n) is 4.13. The van der Waals surface area contributed by atoms with E-state index >= 15 is 0 Å². The molecular formula is C16H19ClF2N2O2. The summed E-state index contributed by atoms with van der Waals surface area (Å²) < 4.78 is 26.5. The van der Waals surface area contributed by atoms with Gasteiger partial charge < -0.3 is 10.2 Å². The molecule has 1 aromatic carbocycles. The molecule has 0 saturated carbocycles. The molecule has 1 aliphatic heterocycles. The molecule has 23 heavy (non-hydrogen) atoms. The van der Waals surface area contributed by atoms with Crippen LogP contribution < -0.4 is 5.32 Å². The quantitative estimate of drug-likeness (QED) is 0.854. The lowest BCUT2D eigenvalue weighted by Gasteiger charge is -2.22. The Morgan fingerprint density at radius 1 is 1.43 bits per heavy atom. The molecule has 1 aliphatic rings. The monoisotopic (exact) mass is 344 g/mol. The van der Waals surface area contributed by atoms with Crippen molar-refractivity contribution in [3.8, 4) is 0 Å². The highest BCUT2D eigenvalue weighted by Gasteiger charge is 2.47. The molecule has 1 atom stereocenters. The number of carbonyl (C=O) groups excluding carboxylic acids is 2. The van der Waals surface area contributed by atoms with Gasteiger partial charge in [-0.25, -0.2) is 8.78 Å². The van der Waals surface area contributed by atoms with E-state index in [1.165, 1.54) is 11.0 Å². The highest BCUT2D eigenvalue weighted by molar-refractivity contribution is 6.31. The molecule has 1 heterocycles. The van der Waals surface area contributed by atoms with E-state index in [0.717, 1.165) is 6.07 Å². The summed E-state index contributed by atoms with van der Waals surface area (Å²) in [5.41, 5.74) is -0.303. The fourth-order valence-corrected chi connectivity index (χ4v) is 3.03. The van der Waals surface area contributed by atoms with Gasteiger partial charge in [0.2, 0.25) is 11.8 Å². The van der Waals surface area contributed by atoms with Crippen molar-refractivity contribution in [3.05, 3.63) is 34.4 Å². The first-order chi connectivity index (χ1) is 10.7. The fraction of sp³-hybridized carbons (Fsp3) is 0.500. The summed E-state index contributed by atoms with van der Waals surface area (Å²) in [6, 6.07) is 1.72. The van der Waals surface area contributed by atoms with E-state index in [4.69, 9.17) is 11.6 Å². The number of benzene rings is 1. The molecule has 0 spiro atoms. The van der Waals surface area contributed by atoms with Gasteiger partial charge in [-0.1, -0.05) is 31.5 Å². The molecule has 2 rings (SSSR count). The van der Waals surface area contributed by atoms with Gasteiger partial charge in [0.05, 0.1) is 5.02 Å². The second-order valence-corrected chi connectivity index (χ2v) is 6.63. The molecule has 1 N–H and O–H groups in total. The van der Waals surface area contributed by atoms with Gasteiger partial charge in [0.1, 0.15) is 6.04 Å². The zero-order valence-corrected chi connectivity index (χ0v) is 14.0. The van der Waals surface area contributed by atoms with Crippen LogP contribution in [0.4, 0.5) is 8.78 Å². The Morgan fingerprint density at radius 3 is 2.70 bits per heavy atom. The highest BCUT2D eigenvalue weighted by Crippen LogP contribution is 2.35. The van der Waals surface area contributed by atoms with Crippen LogP contribution >= 0.6 is 11.6 Å². The van der Waals surface area contributed by atoms with Crippen molar-refractivity contribution in [2.75, 3.05) is 6.54 Å². The van der Waals surface area contributed by atoms with Crippen molar-refractivity contribution in [1.29, 1.82) is 0 Å². The van der Waals surface area contributed by atoms with E-state index in [-0.39, 0.29) is 28.9 Å². The minimum Gasteiger partial charge on any atom is -0.350 e. The minimum atomic E-state index is -1.13. The van der Waals surface area contributed by atoms with Gasteiger partial charge in [-0.05, 0) is 25.0 Å². The van der Waals surface area contributed by atoms with Crippen molar-refractivity contribution in [3.63, 3.8) is 0 Å². The number of halogens is 3. The average Bonchev–Trinajstić information content (AvgIpc) is 2.74. The summed E-state index contributed by atoms with van der Waals surface area (Å²) in [5.74, 6) is -2.56. The Hall–Kier alpha value is -1.69. The molecule has 2 amide bonds. The zero-order valence-electron chi connectivity index (χ0n) is 13.3. The summed E-state index contributed by atoms with van der Waals surface area (Å²) in [5, 5.41) is 2.30. The van der Waals surface area contributed by atoms with Gasteiger partial charge in [-0.3, -0.25) is 9.59 Å². The predicted molar refractivity (Wildman–Crippen MR) is 82.8 cm³/mol. The van der Waals surface area contributed by atoms with Crippen LogP contribution in [-0.4, -0.2) is 29.3 Å². The molecule has 0 unspecified atom stereocenters. The molecule has 0 aliphatic carbocycles. The third kappa shape index (κ3) is 3.32. The number of nitrogens with one attached hydrogen (secondary N) is 1. The predicted octanol–water partition coefficient (Wildman–Crippen LogP) is 2.88. The zero-order chi connectivity index (χ0) is 17.4. The molecule has 0 radical (unpaired) electrons. The molecule has 1 saturated heterocycles. The summed E-state index contributed by atoms with van der Waals surface area (Å²) >= 11 is 5.74. The highest BCUT2D eigenvalue weighted by atomic mass is 35.5.